The van der Waals surface area contributed by atoms with Gasteiger partial charge in [0.1, 0.15) is 0 Å². The van der Waals surface area contributed by atoms with Crippen LogP contribution in [-0.2, 0) is 6.42 Å². The summed E-state index contributed by atoms with van der Waals surface area (Å²) in [6, 6.07) is 34.5. The van der Waals surface area contributed by atoms with Crippen LogP contribution in [0.5, 0.6) is 0 Å². The van der Waals surface area contributed by atoms with E-state index in [1.165, 1.54) is 36.1 Å². The van der Waals surface area contributed by atoms with E-state index >= 15 is 0 Å². The maximum Gasteiger partial charge on any atom is 0.0435 e. The summed E-state index contributed by atoms with van der Waals surface area (Å²) in [6.45, 7) is 1.22. The molecule has 0 bridgehead atoms. The van der Waals surface area contributed by atoms with E-state index < -0.39 is 0 Å². The summed E-state index contributed by atoms with van der Waals surface area (Å²) in [5.74, 6) is 1.39. The van der Waals surface area contributed by atoms with Crippen LogP contribution in [-0.4, -0.2) is 17.5 Å². The predicted octanol–water partition coefficient (Wildman–Crippen LogP) is 5.46. The number of fused-ring (bicyclic) bond motifs is 1. The molecule has 4 atom stereocenters. The summed E-state index contributed by atoms with van der Waals surface area (Å²) in [7, 11) is 0. The molecule has 26 heavy (non-hydrogen) atoms. The van der Waals surface area contributed by atoms with E-state index in [1.807, 2.05) is 0 Å². The molecule has 130 valence electrons. The molecule has 1 nitrogen and oxygen atoms in total. The van der Waals surface area contributed by atoms with Gasteiger partial charge in [-0.2, -0.15) is 0 Å². The molecule has 2 aliphatic rings. The van der Waals surface area contributed by atoms with Crippen LogP contribution in [0.3, 0.4) is 0 Å². The molecule has 2 saturated heterocycles. The van der Waals surface area contributed by atoms with E-state index in [2.05, 4.69) is 95.9 Å². The quantitative estimate of drug-likeness (QED) is 0.610. The molecule has 5 rings (SSSR count). The van der Waals surface area contributed by atoms with Crippen molar-refractivity contribution in [1.82, 2.24) is 4.90 Å². The van der Waals surface area contributed by atoms with Crippen LogP contribution in [0.25, 0.3) is 0 Å². The molecule has 2 aliphatic heterocycles. The third-order valence-electron chi connectivity index (χ3n) is 6.27. The first-order chi connectivity index (χ1) is 12.9. The molecule has 3 aromatic carbocycles. The van der Waals surface area contributed by atoms with Crippen molar-refractivity contribution in [3.8, 4) is 0 Å². The summed E-state index contributed by atoms with van der Waals surface area (Å²) in [5.41, 5.74) is 4.45. The highest BCUT2D eigenvalue weighted by atomic mass is 15.3. The summed E-state index contributed by atoms with van der Waals surface area (Å²) < 4.78 is 0. The molecule has 4 unspecified atom stereocenters. The number of hydrogen-bond acceptors (Lipinski definition) is 1. The first kappa shape index (κ1) is 15.8. The van der Waals surface area contributed by atoms with Crippen LogP contribution < -0.4 is 0 Å². The third kappa shape index (κ3) is 2.77. The SMILES string of the molecule is c1ccc(CC2CC3C(c4ccccc4)C(c4ccccc4)N3C2)cc1. The zero-order valence-electron chi connectivity index (χ0n) is 15.0. The Bertz CT molecular complexity index is 790. The Kier molecular flexibility index (Phi) is 4.10. The predicted molar refractivity (Wildman–Crippen MR) is 107 cm³/mol. The van der Waals surface area contributed by atoms with Gasteiger partial charge < -0.3 is 0 Å². The Morgan fingerprint density at radius 1 is 0.692 bits per heavy atom. The van der Waals surface area contributed by atoms with E-state index in [9.17, 15) is 0 Å². The highest BCUT2D eigenvalue weighted by Gasteiger charge is 2.53. The maximum absolute atomic E-state index is 2.76. The highest BCUT2D eigenvalue weighted by Crippen LogP contribution is 2.55. The molecule has 1 heteroatoms. The molecule has 0 radical (unpaired) electrons. The first-order valence-corrected chi connectivity index (χ1v) is 9.80. The molecule has 2 heterocycles. The van der Waals surface area contributed by atoms with Crippen LogP contribution in [0.2, 0.25) is 0 Å². The summed E-state index contributed by atoms with van der Waals surface area (Å²) in [6.07, 6.45) is 2.52. The molecule has 2 fully saturated rings. The van der Waals surface area contributed by atoms with Gasteiger partial charge >= 0.3 is 0 Å². The normalized spacial score (nSPS) is 27.7. The molecule has 0 amide bonds. The number of nitrogens with zero attached hydrogens (tertiary/aromatic N) is 1. The van der Waals surface area contributed by atoms with Gasteiger partial charge in [-0.25, -0.2) is 0 Å². The zero-order valence-corrected chi connectivity index (χ0v) is 15.0. The molecule has 0 saturated carbocycles. The molecular formula is C25H25N. The lowest BCUT2D eigenvalue weighted by Gasteiger charge is -2.52. The lowest BCUT2D eigenvalue weighted by Crippen LogP contribution is -2.52. The zero-order chi connectivity index (χ0) is 17.3. The van der Waals surface area contributed by atoms with Gasteiger partial charge in [-0.3, -0.25) is 4.90 Å². The Morgan fingerprint density at radius 2 is 1.27 bits per heavy atom. The highest BCUT2D eigenvalue weighted by molar-refractivity contribution is 5.35. The van der Waals surface area contributed by atoms with Crippen molar-refractivity contribution in [2.75, 3.05) is 6.54 Å². The van der Waals surface area contributed by atoms with Gasteiger partial charge in [0.2, 0.25) is 0 Å². The lowest BCUT2D eigenvalue weighted by atomic mass is 9.72. The minimum absolute atomic E-state index is 0.532. The van der Waals surface area contributed by atoms with Gasteiger partial charge in [0.05, 0.1) is 0 Å². The number of hydrogen-bond donors (Lipinski definition) is 0. The summed E-state index contributed by atoms with van der Waals surface area (Å²) >= 11 is 0. The van der Waals surface area contributed by atoms with Crippen molar-refractivity contribution in [3.63, 3.8) is 0 Å². The van der Waals surface area contributed by atoms with Crippen LogP contribution in [0.15, 0.2) is 91.0 Å². The van der Waals surface area contributed by atoms with Gasteiger partial charge in [0.25, 0.3) is 0 Å². The largest absolute Gasteiger partial charge is 0.292 e. The Balaban J connectivity index is 1.42. The molecular weight excluding hydrogens is 314 g/mol. The van der Waals surface area contributed by atoms with Crippen LogP contribution in [0, 0.1) is 5.92 Å². The van der Waals surface area contributed by atoms with E-state index in [0.717, 1.165) is 5.92 Å². The van der Waals surface area contributed by atoms with Gasteiger partial charge in [0, 0.05) is 24.5 Å². The second-order valence-electron chi connectivity index (χ2n) is 7.85. The topological polar surface area (TPSA) is 3.24 Å². The van der Waals surface area contributed by atoms with E-state index in [0.29, 0.717) is 18.0 Å². The summed E-state index contributed by atoms with van der Waals surface area (Å²) in [5, 5.41) is 0. The number of benzene rings is 3. The van der Waals surface area contributed by atoms with Gasteiger partial charge in [0.15, 0.2) is 0 Å². The van der Waals surface area contributed by atoms with E-state index in [4.69, 9.17) is 0 Å². The van der Waals surface area contributed by atoms with Crippen LogP contribution >= 0.6 is 0 Å². The standard InChI is InChI=1S/C25H25N/c1-4-10-19(11-5-1)16-20-17-23-24(21-12-6-2-7-13-21)25(26(23)18-20)22-14-8-3-9-15-22/h1-15,20,23-25H,16-18H2. The van der Waals surface area contributed by atoms with Crippen LogP contribution in [0.1, 0.15) is 35.1 Å². The minimum atomic E-state index is 0.532. The smallest absolute Gasteiger partial charge is 0.0435 e. The average molecular weight is 339 g/mol. The second kappa shape index (κ2) is 6.74. The van der Waals surface area contributed by atoms with Crippen molar-refractivity contribution in [3.05, 3.63) is 108 Å². The Hall–Kier alpha value is -2.38. The molecule has 0 aromatic heterocycles. The second-order valence-corrected chi connectivity index (χ2v) is 7.85. The fourth-order valence-electron chi connectivity index (χ4n) is 5.20. The van der Waals surface area contributed by atoms with Gasteiger partial charge in [-0.15, -0.1) is 0 Å². The monoisotopic (exact) mass is 339 g/mol. The van der Waals surface area contributed by atoms with Gasteiger partial charge in [-0.1, -0.05) is 91.0 Å². The number of rotatable bonds is 4. The molecule has 0 spiro atoms. The van der Waals surface area contributed by atoms with Crippen molar-refractivity contribution >= 4 is 0 Å². The van der Waals surface area contributed by atoms with E-state index in [-0.39, 0.29) is 0 Å². The molecule has 0 N–H and O–H groups in total. The fourth-order valence-corrected chi connectivity index (χ4v) is 5.20. The lowest BCUT2D eigenvalue weighted by molar-refractivity contribution is 0.0193. The Morgan fingerprint density at radius 3 is 1.92 bits per heavy atom. The van der Waals surface area contributed by atoms with Crippen molar-refractivity contribution in [2.24, 2.45) is 5.92 Å². The first-order valence-electron chi connectivity index (χ1n) is 9.80. The fraction of sp³-hybridized carbons (Fsp3) is 0.280. The van der Waals surface area contributed by atoms with Crippen molar-refractivity contribution in [2.45, 2.75) is 30.8 Å². The van der Waals surface area contributed by atoms with Crippen LogP contribution in [0.4, 0.5) is 0 Å². The van der Waals surface area contributed by atoms with E-state index in [1.54, 1.807) is 0 Å². The maximum atomic E-state index is 2.76. The molecule has 0 aliphatic carbocycles. The molecule has 3 aromatic rings. The summed E-state index contributed by atoms with van der Waals surface area (Å²) in [4.78, 5) is 2.76. The minimum Gasteiger partial charge on any atom is -0.292 e. The van der Waals surface area contributed by atoms with Crippen molar-refractivity contribution in [1.29, 1.82) is 0 Å². The van der Waals surface area contributed by atoms with Gasteiger partial charge in [-0.05, 0) is 35.4 Å². The Labute approximate surface area is 156 Å². The average Bonchev–Trinajstić information content (AvgIpc) is 3.03. The third-order valence-corrected chi connectivity index (χ3v) is 6.27. The van der Waals surface area contributed by atoms with Crippen molar-refractivity contribution < 1.29 is 0 Å².